The summed E-state index contributed by atoms with van der Waals surface area (Å²) in [7, 11) is 0. The average Bonchev–Trinajstić information content (AvgIpc) is 2.56. The van der Waals surface area contributed by atoms with E-state index in [0.29, 0.717) is 13.2 Å². The Morgan fingerprint density at radius 3 is 2.78 bits per heavy atom. The summed E-state index contributed by atoms with van der Waals surface area (Å²) in [6.07, 6.45) is 0. The molecule has 1 saturated heterocycles. The number of hydrogen-bond donors (Lipinski definition) is 1. The maximum atomic E-state index is 12.5. The van der Waals surface area contributed by atoms with Crippen LogP contribution in [-0.4, -0.2) is 30.5 Å². The molecule has 23 heavy (non-hydrogen) atoms. The second-order valence-electron chi connectivity index (χ2n) is 5.66. The van der Waals surface area contributed by atoms with E-state index in [4.69, 9.17) is 4.74 Å². The number of nitrogens with one attached hydrogen (secondary N) is 1. The van der Waals surface area contributed by atoms with Crippen molar-refractivity contribution in [1.82, 2.24) is 10.2 Å². The summed E-state index contributed by atoms with van der Waals surface area (Å²) in [6.45, 7) is 4.87. The minimum absolute atomic E-state index is 0.0563. The third-order valence-corrected chi connectivity index (χ3v) is 4.03. The van der Waals surface area contributed by atoms with Crippen LogP contribution in [0.15, 0.2) is 54.6 Å². The predicted molar refractivity (Wildman–Crippen MR) is 90.2 cm³/mol. The first-order valence-corrected chi connectivity index (χ1v) is 8.06. The number of carbonyl (C=O) groups excluding carboxylic acids is 1. The molecule has 0 radical (unpaired) electrons. The van der Waals surface area contributed by atoms with E-state index in [9.17, 15) is 4.79 Å². The molecular weight excluding hydrogens is 288 g/mol. The van der Waals surface area contributed by atoms with E-state index >= 15 is 0 Å². The van der Waals surface area contributed by atoms with Crippen molar-refractivity contribution in [2.24, 2.45) is 0 Å². The Morgan fingerprint density at radius 1 is 1.17 bits per heavy atom. The summed E-state index contributed by atoms with van der Waals surface area (Å²) in [5.41, 5.74) is 2.19. The molecule has 0 aromatic heterocycles. The van der Waals surface area contributed by atoms with Crippen LogP contribution in [0.4, 0.5) is 0 Å². The molecule has 1 unspecified atom stereocenters. The summed E-state index contributed by atoms with van der Waals surface area (Å²) in [6, 6.07) is 17.8. The molecule has 0 saturated carbocycles. The lowest BCUT2D eigenvalue weighted by atomic mass is 10.0. The van der Waals surface area contributed by atoms with Crippen molar-refractivity contribution in [2.75, 3.05) is 19.7 Å². The van der Waals surface area contributed by atoms with Gasteiger partial charge in [0.15, 0.2) is 0 Å². The van der Waals surface area contributed by atoms with Gasteiger partial charge in [0.2, 0.25) is 5.91 Å². The summed E-state index contributed by atoms with van der Waals surface area (Å²) in [4.78, 5) is 14.7. The zero-order valence-corrected chi connectivity index (χ0v) is 13.4. The van der Waals surface area contributed by atoms with E-state index < -0.39 is 0 Å². The van der Waals surface area contributed by atoms with Gasteiger partial charge in [0.1, 0.15) is 11.8 Å². The highest BCUT2D eigenvalue weighted by atomic mass is 16.5. The lowest BCUT2D eigenvalue weighted by Crippen LogP contribution is -2.49. The van der Waals surface area contributed by atoms with Gasteiger partial charge < -0.3 is 10.1 Å². The Kier molecular flexibility index (Phi) is 4.93. The number of carbonyl (C=O) groups is 1. The van der Waals surface area contributed by atoms with Gasteiger partial charge in [-0.2, -0.15) is 0 Å². The van der Waals surface area contributed by atoms with Gasteiger partial charge in [0.05, 0.1) is 6.61 Å². The van der Waals surface area contributed by atoms with E-state index in [-0.39, 0.29) is 11.9 Å². The van der Waals surface area contributed by atoms with Gasteiger partial charge in [0.25, 0.3) is 0 Å². The monoisotopic (exact) mass is 310 g/mol. The van der Waals surface area contributed by atoms with Crippen LogP contribution in [0.5, 0.6) is 5.75 Å². The molecule has 1 fully saturated rings. The molecule has 2 aromatic rings. The fourth-order valence-corrected chi connectivity index (χ4v) is 3.01. The van der Waals surface area contributed by atoms with E-state index in [1.807, 2.05) is 49.4 Å². The minimum Gasteiger partial charge on any atom is -0.494 e. The molecule has 3 rings (SSSR count). The first-order chi connectivity index (χ1) is 11.3. The molecule has 0 aliphatic carbocycles. The van der Waals surface area contributed by atoms with Gasteiger partial charge in [-0.15, -0.1) is 0 Å². The first-order valence-electron chi connectivity index (χ1n) is 8.06. The summed E-state index contributed by atoms with van der Waals surface area (Å²) < 4.78 is 5.58. The summed E-state index contributed by atoms with van der Waals surface area (Å²) in [5, 5.41) is 2.98. The lowest BCUT2D eigenvalue weighted by Gasteiger charge is -2.35. The van der Waals surface area contributed by atoms with Gasteiger partial charge in [-0.25, -0.2) is 0 Å². The number of piperazine rings is 1. The molecule has 1 aliphatic heterocycles. The van der Waals surface area contributed by atoms with E-state index in [1.54, 1.807) is 0 Å². The molecule has 1 N–H and O–H groups in total. The van der Waals surface area contributed by atoms with Gasteiger partial charge in [0, 0.05) is 19.6 Å². The smallest absolute Gasteiger partial charge is 0.242 e. The third kappa shape index (κ3) is 3.71. The lowest BCUT2D eigenvalue weighted by molar-refractivity contribution is -0.129. The van der Waals surface area contributed by atoms with Crippen molar-refractivity contribution in [3.63, 3.8) is 0 Å². The molecule has 4 heteroatoms. The SMILES string of the molecule is CCOc1cccc(C2C(=O)NCCN2Cc2ccccc2)c1. The normalized spacial score (nSPS) is 18.5. The summed E-state index contributed by atoms with van der Waals surface area (Å²) >= 11 is 0. The highest BCUT2D eigenvalue weighted by Crippen LogP contribution is 2.27. The number of rotatable bonds is 5. The van der Waals surface area contributed by atoms with Crippen molar-refractivity contribution in [2.45, 2.75) is 19.5 Å². The Balaban J connectivity index is 1.86. The van der Waals surface area contributed by atoms with Crippen LogP contribution in [-0.2, 0) is 11.3 Å². The van der Waals surface area contributed by atoms with E-state index in [2.05, 4.69) is 22.3 Å². The zero-order valence-electron chi connectivity index (χ0n) is 13.4. The molecule has 1 aliphatic rings. The third-order valence-electron chi connectivity index (χ3n) is 4.03. The Bertz CT molecular complexity index is 657. The number of amides is 1. The van der Waals surface area contributed by atoms with Gasteiger partial charge in [-0.3, -0.25) is 9.69 Å². The quantitative estimate of drug-likeness (QED) is 0.923. The number of hydrogen-bond acceptors (Lipinski definition) is 3. The molecule has 2 aromatic carbocycles. The van der Waals surface area contributed by atoms with Crippen LogP contribution < -0.4 is 10.1 Å². The van der Waals surface area contributed by atoms with Crippen molar-refractivity contribution < 1.29 is 9.53 Å². The minimum atomic E-state index is -0.274. The van der Waals surface area contributed by atoms with E-state index in [0.717, 1.165) is 24.4 Å². The predicted octanol–water partition coefficient (Wildman–Crippen LogP) is 2.76. The highest BCUT2D eigenvalue weighted by molar-refractivity contribution is 5.84. The van der Waals surface area contributed by atoms with Crippen molar-refractivity contribution in [3.8, 4) is 5.75 Å². The fraction of sp³-hybridized carbons (Fsp3) is 0.316. The van der Waals surface area contributed by atoms with Gasteiger partial charge in [-0.1, -0.05) is 42.5 Å². The van der Waals surface area contributed by atoms with Crippen LogP contribution in [0.25, 0.3) is 0 Å². The van der Waals surface area contributed by atoms with Crippen LogP contribution in [0.2, 0.25) is 0 Å². The Hall–Kier alpha value is -2.33. The molecule has 0 bridgehead atoms. The standard InChI is InChI=1S/C19H22N2O2/c1-2-23-17-10-6-9-16(13-17)18-19(22)20-11-12-21(18)14-15-7-4-3-5-8-15/h3-10,13,18H,2,11-12,14H2,1H3,(H,20,22). The van der Waals surface area contributed by atoms with Gasteiger partial charge in [-0.05, 0) is 30.2 Å². The van der Waals surface area contributed by atoms with Crippen molar-refractivity contribution in [3.05, 3.63) is 65.7 Å². The molecule has 1 heterocycles. The van der Waals surface area contributed by atoms with Gasteiger partial charge >= 0.3 is 0 Å². The Morgan fingerprint density at radius 2 is 2.00 bits per heavy atom. The molecular formula is C19H22N2O2. The summed E-state index contributed by atoms with van der Waals surface area (Å²) in [5.74, 6) is 0.865. The maximum Gasteiger partial charge on any atom is 0.242 e. The zero-order chi connectivity index (χ0) is 16.1. The fourth-order valence-electron chi connectivity index (χ4n) is 3.01. The molecule has 0 spiro atoms. The van der Waals surface area contributed by atoms with Crippen molar-refractivity contribution >= 4 is 5.91 Å². The Labute approximate surface area is 137 Å². The molecule has 4 nitrogen and oxygen atoms in total. The number of nitrogens with zero attached hydrogens (tertiary/aromatic N) is 1. The second-order valence-corrected chi connectivity index (χ2v) is 5.66. The molecule has 120 valence electrons. The second kappa shape index (κ2) is 7.29. The van der Waals surface area contributed by atoms with Crippen LogP contribution >= 0.6 is 0 Å². The van der Waals surface area contributed by atoms with Crippen LogP contribution in [0, 0.1) is 0 Å². The van der Waals surface area contributed by atoms with Crippen molar-refractivity contribution in [1.29, 1.82) is 0 Å². The van der Waals surface area contributed by atoms with E-state index in [1.165, 1.54) is 5.56 Å². The number of benzene rings is 2. The highest BCUT2D eigenvalue weighted by Gasteiger charge is 2.31. The maximum absolute atomic E-state index is 12.5. The van der Waals surface area contributed by atoms with Crippen LogP contribution in [0.3, 0.4) is 0 Å². The molecule has 1 amide bonds. The van der Waals surface area contributed by atoms with Crippen LogP contribution in [0.1, 0.15) is 24.1 Å². The molecule has 1 atom stereocenters. The number of ether oxygens (including phenoxy) is 1. The largest absolute Gasteiger partial charge is 0.494 e. The topological polar surface area (TPSA) is 41.6 Å². The first kappa shape index (κ1) is 15.6. The average molecular weight is 310 g/mol.